The van der Waals surface area contributed by atoms with Crippen molar-refractivity contribution in [2.45, 2.75) is 32.2 Å². The summed E-state index contributed by atoms with van der Waals surface area (Å²) in [5, 5.41) is 4.11. The van der Waals surface area contributed by atoms with Gasteiger partial charge in [0.1, 0.15) is 11.3 Å². The Bertz CT molecular complexity index is 1070. The number of ketones is 1. The maximum atomic E-state index is 13.3. The molecule has 0 aliphatic rings. The number of rotatable bonds is 6. The number of sulfone groups is 1. The first-order valence-corrected chi connectivity index (χ1v) is 10.7. The minimum Gasteiger partial charge on any atom is -0.496 e. The quantitative estimate of drug-likeness (QED) is 0.656. The summed E-state index contributed by atoms with van der Waals surface area (Å²) in [7, 11) is 0.892. The first-order chi connectivity index (χ1) is 13.4. The van der Waals surface area contributed by atoms with Crippen molar-refractivity contribution in [3.05, 3.63) is 34.5 Å². The van der Waals surface area contributed by atoms with Gasteiger partial charge < -0.3 is 14.4 Å². The van der Waals surface area contributed by atoms with Crippen LogP contribution in [0.2, 0.25) is 0 Å². The standard InChI is InChI=1S/C19H25N3O6S/c1-8-22-18(28-19(24)21(4)5)14(10-20-22)15(23)13-9-11(2)17(29(7,25)26)12(3)16(13)27-6/h9-10H,8H2,1-7H3. The summed E-state index contributed by atoms with van der Waals surface area (Å²) >= 11 is 0. The molecule has 2 aromatic rings. The lowest BCUT2D eigenvalue weighted by Gasteiger charge is -2.17. The molecule has 0 fully saturated rings. The van der Waals surface area contributed by atoms with Crippen molar-refractivity contribution in [2.24, 2.45) is 0 Å². The molecule has 0 aliphatic carbocycles. The number of carbonyl (C=O) groups excluding carboxylic acids is 2. The predicted molar refractivity (Wildman–Crippen MR) is 107 cm³/mol. The van der Waals surface area contributed by atoms with Gasteiger partial charge in [-0.1, -0.05) is 0 Å². The van der Waals surface area contributed by atoms with Crippen molar-refractivity contribution in [1.82, 2.24) is 14.7 Å². The topological polar surface area (TPSA) is 108 Å². The van der Waals surface area contributed by atoms with Gasteiger partial charge in [-0.15, -0.1) is 0 Å². The van der Waals surface area contributed by atoms with E-state index in [9.17, 15) is 18.0 Å². The van der Waals surface area contributed by atoms with Crippen molar-refractivity contribution in [3.63, 3.8) is 0 Å². The van der Waals surface area contributed by atoms with Gasteiger partial charge in [0.05, 0.1) is 23.8 Å². The molecule has 1 aromatic heterocycles. The third-order valence-corrected chi connectivity index (χ3v) is 5.72. The summed E-state index contributed by atoms with van der Waals surface area (Å²) in [6, 6.07) is 1.46. The van der Waals surface area contributed by atoms with Gasteiger partial charge in [0.2, 0.25) is 11.7 Å². The van der Waals surface area contributed by atoms with Crippen LogP contribution in [-0.4, -0.2) is 62.4 Å². The highest BCUT2D eigenvalue weighted by atomic mass is 32.2. The van der Waals surface area contributed by atoms with Crippen LogP contribution < -0.4 is 9.47 Å². The summed E-state index contributed by atoms with van der Waals surface area (Å²) < 4.78 is 36.4. The van der Waals surface area contributed by atoms with E-state index >= 15 is 0 Å². The van der Waals surface area contributed by atoms with E-state index in [4.69, 9.17) is 9.47 Å². The third-order valence-electron chi connectivity index (χ3n) is 4.35. The number of methoxy groups -OCH3 is 1. The van der Waals surface area contributed by atoms with Crippen molar-refractivity contribution in [2.75, 3.05) is 27.5 Å². The smallest absolute Gasteiger partial charge is 0.416 e. The molecule has 9 nitrogen and oxygen atoms in total. The van der Waals surface area contributed by atoms with Crippen molar-refractivity contribution in [3.8, 4) is 11.6 Å². The Balaban J connectivity index is 2.68. The number of ether oxygens (including phenoxy) is 2. The van der Waals surface area contributed by atoms with Gasteiger partial charge >= 0.3 is 6.09 Å². The normalized spacial score (nSPS) is 11.3. The molecule has 1 heterocycles. The maximum absolute atomic E-state index is 13.3. The maximum Gasteiger partial charge on any atom is 0.416 e. The summed E-state index contributed by atoms with van der Waals surface area (Å²) in [6.07, 6.45) is 1.77. The van der Waals surface area contributed by atoms with Gasteiger partial charge in [-0.25, -0.2) is 17.9 Å². The molecule has 2 rings (SSSR count). The molecule has 0 saturated heterocycles. The summed E-state index contributed by atoms with van der Waals surface area (Å²) in [4.78, 5) is 26.7. The fraction of sp³-hybridized carbons (Fsp3) is 0.421. The molecule has 0 spiro atoms. The largest absolute Gasteiger partial charge is 0.496 e. The van der Waals surface area contributed by atoms with Crippen LogP contribution >= 0.6 is 0 Å². The van der Waals surface area contributed by atoms with Crippen LogP contribution in [0, 0.1) is 13.8 Å². The van der Waals surface area contributed by atoms with Gasteiger partial charge in [0.25, 0.3) is 0 Å². The average Bonchev–Trinajstić information content (AvgIpc) is 3.01. The number of aryl methyl sites for hydroxylation is 2. The molecule has 158 valence electrons. The predicted octanol–water partition coefficient (Wildman–Crippen LogP) is 2.22. The summed E-state index contributed by atoms with van der Waals surface area (Å²) in [5.74, 6) is -0.328. The lowest BCUT2D eigenvalue weighted by molar-refractivity contribution is 0.103. The highest BCUT2D eigenvalue weighted by molar-refractivity contribution is 7.90. The molecule has 0 N–H and O–H groups in total. The van der Waals surface area contributed by atoms with Crippen LogP contribution in [0.1, 0.15) is 34.0 Å². The van der Waals surface area contributed by atoms with Gasteiger partial charge in [0, 0.05) is 32.5 Å². The number of nitrogens with zero attached hydrogens (tertiary/aromatic N) is 3. The average molecular weight is 423 g/mol. The van der Waals surface area contributed by atoms with Crippen LogP contribution in [0.5, 0.6) is 11.6 Å². The van der Waals surface area contributed by atoms with Crippen LogP contribution in [0.4, 0.5) is 4.79 Å². The zero-order valence-corrected chi connectivity index (χ0v) is 18.4. The van der Waals surface area contributed by atoms with Gasteiger partial charge in [-0.05, 0) is 32.4 Å². The fourth-order valence-corrected chi connectivity index (χ4v) is 4.43. The second-order valence-electron chi connectivity index (χ2n) is 6.77. The van der Waals surface area contributed by atoms with Crippen molar-refractivity contribution < 1.29 is 27.5 Å². The first kappa shape index (κ1) is 22.4. The number of carbonyl (C=O) groups is 2. The monoisotopic (exact) mass is 423 g/mol. The Morgan fingerprint density at radius 2 is 1.83 bits per heavy atom. The molecule has 0 aliphatic heterocycles. The molecular formula is C19H25N3O6S. The van der Waals surface area contributed by atoms with E-state index in [1.54, 1.807) is 20.8 Å². The Kier molecular flexibility index (Phi) is 6.37. The van der Waals surface area contributed by atoms with Crippen LogP contribution in [-0.2, 0) is 16.4 Å². The van der Waals surface area contributed by atoms with Crippen molar-refractivity contribution in [1.29, 1.82) is 0 Å². The van der Waals surface area contributed by atoms with Crippen LogP contribution in [0.3, 0.4) is 0 Å². The SMILES string of the molecule is CCn1ncc(C(=O)c2cc(C)c(S(C)(=O)=O)c(C)c2OC)c1OC(=O)N(C)C. The molecule has 29 heavy (non-hydrogen) atoms. The van der Waals surface area contributed by atoms with E-state index in [1.807, 2.05) is 0 Å². The van der Waals surface area contributed by atoms with Gasteiger partial charge in [-0.2, -0.15) is 5.10 Å². The molecule has 0 unspecified atom stereocenters. The second kappa shape index (κ2) is 8.24. The van der Waals surface area contributed by atoms with Crippen LogP contribution in [0.25, 0.3) is 0 Å². The van der Waals surface area contributed by atoms with Gasteiger partial charge in [-0.3, -0.25) is 4.79 Å². The Morgan fingerprint density at radius 1 is 1.21 bits per heavy atom. The third kappa shape index (κ3) is 4.26. The minimum absolute atomic E-state index is 0.0146. The molecule has 0 saturated carbocycles. The summed E-state index contributed by atoms with van der Waals surface area (Å²) in [6.45, 7) is 5.37. The summed E-state index contributed by atoms with van der Waals surface area (Å²) in [5.41, 5.74) is 0.996. The molecule has 0 atom stereocenters. The van der Waals surface area contributed by atoms with Gasteiger partial charge in [0.15, 0.2) is 9.84 Å². The lowest BCUT2D eigenvalue weighted by atomic mass is 9.99. The molecule has 10 heteroatoms. The minimum atomic E-state index is -3.52. The van der Waals surface area contributed by atoms with Crippen LogP contribution in [0.15, 0.2) is 17.2 Å². The van der Waals surface area contributed by atoms with E-state index < -0.39 is 21.7 Å². The Labute approximate surface area is 170 Å². The number of hydrogen-bond acceptors (Lipinski definition) is 7. The fourth-order valence-electron chi connectivity index (χ4n) is 3.13. The molecular weight excluding hydrogens is 398 g/mol. The van der Waals surface area contributed by atoms with E-state index in [0.717, 1.165) is 6.26 Å². The Hall–Kier alpha value is -2.88. The first-order valence-electron chi connectivity index (χ1n) is 8.81. The molecule has 1 aromatic carbocycles. The highest BCUT2D eigenvalue weighted by Gasteiger charge is 2.28. The number of hydrogen-bond donors (Lipinski definition) is 0. The van der Waals surface area contributed by atoms with E-state index in [1.165, 1.54) is 43.1 Å². The number of aromatic nitrogens is 2. The number of benzene rings is 1. The zero-order valence-electron chi connectivity index (χ0n) is 17.6. The lowest BCUT2D eigenvalue weighted by Crippen LogP contribution is -2.27. The highest BCUT2D eigenvalue weighted by Crippen LogP contribution is 2.35. The van der Waals surface area contributed by atoms with E-state index in [2.05, 4.69) is 5.10 Å². The zero-order chi connectivity index (χ0) is 22.1. The second-order valence-corrected chi connectivity index (χ2v) is 8.72. The molecule has 0 radical (unpaired) electrons. The molecule has 0 bridgehead atoms. The Morgan fingerprint density at radius 3 is 2.31 bits per heavy atom. The van der Waals surface area contributed by atoms with E-state index in [0.29, 0.717) is 17.7 Å². The van der Waals surface area contributed by atoms with E-state index in [-0.39, 0.29) is 27.7 Å². The molecule has 1 amide bonds. The number of amides is 1. The van der Waals surface area contributed by atoms with Crippen molar-refractivity contribution >= 4 is 21.7 Å².